The lowest BCUT2D eigenvalue weighted by Crippen LogP contribution is -2.62. The predicted molar refractivity (Wildman–Crippen MR) is 104 cm³/mol. The van der Waals surface area contributed by atoms with E-state index in [9.17, 15) is 24.6 Å². The van der Waals surface area contributed by atoms with Crippen molar-refractivity contribution < 1.29 is 29.3 Å². The standard InChI is InChI=1S/C22H23NO6/c24-18(14-29-13-15-7-3-1-4-8-15)23-19(21(27)28)22(11-16(12-22)20(25)26)17-9-5-2-6-10-17/h1-10,16,19H,11-14H2,(H,23,24)(H,25,26)(H,27,28). The van der Waals surface area contributed by atoms with Gasteiger partial charge in [-0.3, -0.25) is 9.59 Å². The summed E-state index contributed by atoms with van der Waals surface area (Å²) in [6, 6.07) is 17.0. The number of ether oxygens (including phenoxy) is 1. The summed E-state index contributed by atoms with van der Waals surface area (Å²) >= 11 is 0. The highest BCUT2D eigenvalue weighted by Crippen LogP contribution is 2.50. The maximum Gasteiger partial charge on any atom is 0.327 e. The molecule has 1 aliphatic rings. The first kappa shape index (κ1) is 20.5. The van der Waals surface area contributed by atoms with Crippen molar-refractivity contribution in [2.45, 2.75) is 30.9 Å². The first-order valence-electron chi connectivity index (χ1n) is 9.34. The molecule has 0 heterocycles. The Kier molecular flexibility index (Phi) is 6.29. The van der Waals surface area contributed by atoms with Crippen molar-refractivity contribution in [2.24, 2.45) is 5.92 Å². The first-order valence-corrected chi connectivity index (χ1v) is 9.34. The summed E-state index contributed by atoms with van der Waals surface area (Å²) in [6.45, 7) is -0.0528. The molecule has 1 unspecified atom stereocenters. The number of benzene rings is 2. The number of carbonyl (C=O) groups excluding carboxylic acids is 1. The summed E-state index contributed by atoms with van der Waals surface area (Å²) in [5.41, 5.74) is 0.639. The number of rotatable bonds is 9. The summed E-state index contributed by atoms with van der Waals surface area (Å²) in [6.07, 6.45) is 0.295. The third-order valence-electron chi connectivity index (χ3n) is 5.37. The molecule has 3 N–H and O–H groups in total. The number of aliphatic carboxylic acids is 2. The van der Waals surface area contributed by atoms with Crippen LogP contribution in [-0.4, -0.2) is 40.7 Å². The summed E-state index contributed by atoms with van der Waals surface area (Å²) in [5, 5.41) is 21.6. The van der Waals surface area contributed by atoms with E-state index >= 15 is 0 Å². The fraction of sp³-hybridized carbons (Fsp3) is 0.318. The first-order chi connectivity index (χ1) is 13.9. The van der Waals surface area contributed by atoms with Gasteiger partial charge in [-0.1, -0.05) is 60.7 Å². The van der Waals surface area contributed by atoms with Crippen molar-refractivity contribution in [3.63, 3.8) is 0 Å². The van der Waals surface area contributed by atoms with Gasteiger partial charge in [0.25, 0.3) is 0 Å². The van der Waals surface area contributed by atoms with E-state index in [0.29, 0.717) is 5.56 Å². The van der Waals surface area contributed by atoms with Crippen molar-refractivity contribution in [2.75, 3.05) is 6.61 Å². The molecule has 152 valence electrons. The van der Waals surface area contributed by atoms with E-state index in [-0.39, 0.29) is 26.1 Å². The van der Waals surface area contributed by atoms with Gasteiger partial charge in [0, 0.05) is 5.41 Å². The van der Waals surface area contributed by atoms with E-state index in [1.54, 1.807) is 30.3 Å². The maximum absolute atomic E-state index is 12.4. The number of nitrogens with one attached hydrogen (secondary N) is 1. The minimum absolute atomic E-state index is 0.147. The summed E-state index contributed by atoms with van der Waals surface area (Å²) in [5.74, 6) is -3.35. The number of carbonyl (C=O) groups is 3. The van der Waals surface area contributed by atoms with Crippen LogP contribution >= 0.6 is 0 Å². The molecular formula is C22H23NO6. The zero-order chi connectivity index (χ0) is 20.9. The van der Waals surface area contributed by atoms with E-state index in [4.69, 9.17) is 4.74 Å². The molecule has 1 amide bonds. The van der Waals surface area contributed by atoms with Crippen LogP contribution in [-0.2, 0) is 31.1 Å². The van der Waals surface area contributed by atoms with Crippen LogP contribution in [0, 0.1) is 5.92 Å². The Balaban J connectivity index is 1.70. The second-order valence-electron chi connectivity index (χ2n) is 7.28. The van der Waals surface area contributed by atoms with E-state index in [2.05, 4.69) is 5.32 Å². The highest BCUT2D eigenvalue weighted by molar-refractivity contribution is 5.86. The van der Waals surface area contributed by atoms with E-state index in [0.717, 1.165) is 5.56 Å². The van der Waals surface area contributed by atoms with Crippen molar-refractivity contribution in [1.29, 1.82) is 0 Å². The highest BCUT2D eigenvalue weighted by Gasteiger charge is 2.56. The third-order valence-corrected chi connectivity index (χ3v) is 5.37. The molecule has 0 radical (unpaired) electrons. The van der Waals surface area contributed by atoms with Gasteiger partial charge in [0.15, 0.2) is 0 Å². The monoisotopic (exact) mass is 397 g/mol. The molecule has 0 aromatic heterocycles. The molecule has 1 saturated carbocycles. The Labute approximate surface area is 168 Å². The molecule has 0 bridgehead atoms. The van der Waals surface area contributed by atoms with Crippen LogP contribution in [0.4, 0.5) is 0 Å². The molecule has 3 rings (SSSR count). The van der Waals surface area contributed by atoms with Gasteiger partial charge in [0.05, 0.1) is 12.5 Å². The minimum Gasteiger partial charge on any atom is -0.481 e. The second kappa shape index (κ2) is 8.87. The Morgan fingerprint density at radius 1 is 1.00 bits per heavy atom. The van der Waals surface area contributed by atoms with Crippen LogP contribution in [0.3, 0.4) is 0 Å². The quantitative estimate of drug-likeness (QED) is 0.598. The van der Waals surface area contributed by atoms with Crippen LogP contribution in [0.15, 0.2) is 60.7 Å². The fourth-order valence-electron chi connectivity index (χ4n) is 3.88. The van der Waals surface area contributed by atoms with Gasteiger partial charge >= 0.3 is 11.9 Å². The molecule has 1 aliphatic carbocycles. The largest absolute Gasteiger partial charge is 0.481 e. The molecule has 1 fully saturated rings. The van der Waals surface area contributed by atoms with Crippen molar-refractivity contribution in [1.82, 2.24) is 5.32 Å². The van der Waals surface area contributed by atoms with E-state index in [1.807, 2.05) is 30.3 Å². The summed E-state index contributed by atoms with van der Waals surface area (Å²) in [7, 11) is 0. The van der Waals surface area contributed by atoms with Crippen molar-refractivity contribution >= 4 is 17.8 Å². The second-order valence-corrected chi connectivity index (χ2v) is 7.28. The maximum atomic E-state index is 12.4. The Morgan fingerprint density at radius 2 is 1.59 bits per heavy atom. The van der Waals surface area contributed by atoms with Crippen LogP contribution < -0.4 is 5.32 Å². The van der Waals surface area contributed by atoms with Crippen LogP contribution in [0.5, 0.6) is 0 Å². The zero-order valence-electron chi connectivity index (χ0n) is 15.8. The molecule has 0 aliphatic heterocycles. The molecule has 0 spiro atoms. The van der Waals surface area contributed by atoms with Crippen molar-refractivity contribution in [3.05, 3.63) is 71.8 Å². The molecule has 1 atom stereocenters. The molecule has 0 saturated heterocycles. The normalized spacial score (nSPS) is 21.6. The fourth-order valence-corrected chi connectivity index (χ4v) is 3.88. The number of hydrogen-bond donors (Lipinski definition) is 3. The highest BCUT2D eigenvalue weighted by atomic mass is 16.5. The molecule has 7 nitrogen and oxygen atoms in total. The average molecular weight is 397 g/mol. The van der Waals surface area contributed by atoms with Gasteiger partial charge in [0.2, 0.25) is 5.91 Å². The van der Waals surface area contributed by atoms with Gasteiger partial charge in [-0.05, 0) is 24.0 Å². The van der Waals surface area contributed by atoms with Gasteiger partial charge in [-0.15, -0.1) is 0 Å². The molecule has 2 aromatic rings. The third kappa shape index (κ3) is 4.63. The van der Waals surface area contributed by atoms with Crippen LogP contribution in [0.2, 0.25) is 0 Å². The zero-order valence-corrected chi connectivity index (χ0v) is 15.8. The SMILES string of the molecule is O=C(COCc1ccccc1)NC(C(=O)O)C1(c2ccccc2)CC(C(=O)O)C1. The number of carboxylic acid groups (broad SMARTS) is 2. The van der Waals surface area contributed by atoms with Gasteiger partial charge in [-0.2, -0.15) is 0 Å². The van der Waals surface area contributed by atoms with E-state index < -0.39 is 35.2 Å². The molecule has 29 heavy (non-hydrogen) atoms. The number of hydrogen-bond acceptors (Lipinski definition) is 4. The van der Waals surface area contributed by atoms with Crippen LogP contribution in [0.1, 0.15) is 24.0 Å². The van der Waals surface area contributed by atoms with Crippen LogP contribution in [0.25, 0.3) is 0 Å². The predicted octanol–water partition coefficient (Wildman–Crippen LogP) is 2.21. The van der Waals surface area contributed by atoms with Gasteiger partial charge in [0.1, 0.15) is 12.6 Å². The lowest BCUT2D eigenvalue weighted by molar-refractivity contribution is -0.154. The summed E-state index contributed by atoms with van der Waals surface area (Å²) in [4.78, 5) is 35.7. The van der Waals surface area contributed by atoms with E-state index in [1.165, 1.54) is 0 Å². The molecule has 2 aromatic carbocycles. The Hall–Kier alpha value is -3.19. The topological polar surface area (TPSA) is 113 Å². The smallest absolute Gasteiger partial charge is 0.327 e. The Bertz CT molecular complexity index is 861. The average Bonchev–Trinajstić information content (AvgIpc) is 2.67. The van der Waals surface area contributed by atoms with Crippen molar-refractivity contribution in [3.8, 4) is 0 Å². The Morgan fingerprint density at radius 3 is 2.14 bits per heavy atom. The van der Waals surface area contributed by atoms with Gasteiger partial charge in [-0.25, -0.2) is 4.79 Å². The lowest BCUT2D eigenvalue weighted by atomic mass is 9.55. The lowest BCUT2D eigenvalue weighted by Gasteiger charge is -2.49. The number of amides is 1. The molecular weight excluding hydrogens is 374 g/mol. The summed E-state index contributed by atoms with van der Waals surface area (Å²) < 4.78 is 5.39. The minimum atomic E-state index is -1.24. The number of carboxylic acids is 2. The van der Waals surface area contributed by atoms with Gasteiger partial charge < -0.3 is 20.3 Å². The molecule has 7 heteroatoms.